The molecule has 1 amide bonds. The molecule has 1 aliphatic rings. The van der Waals surface area contributed by atoms with E-state index in [0.29, 0.717) is 19.4 Å². The lowest BCUT2D eigenvalue weighted by atomic mass is 9.95. The van der Waals surface area contributed by atoms with Crippen LogP contribution in [0.25, 0.3) is 0 Å². The lowest BCUT2D eigenvalue weighted by Crippen LogP contribution is -2.55. The minimum Gasteiger partial charge on any atom is -0.464 e. The largest absolute Gasteiger partial charge is 0.464 e. The van der Waals surface area contributed by atoms with E-state index >= 15 is 0 Å². The predicted molar refractivity (Wildman–Crippen MR) is 82.4 cm³/mol. The molecule has 20 heavy (non-hydrogen) atoms. The van der Waals surface area contributed by atoms with Crippen LogP contribution in [0.5, 0.6) is 0 Å². The van der Waals surface area contributed by atoms with Crippen molar-refractivity contribution in [3.8, 4) is 0 Å². The smallest absolute Gasteiger partial charge is 0.332 e. The van der Waals surface area contributed by atoms with Crippen LogP contribution in [-0.4, -0.2) is 24.0 Å². The standard InChI is InChI=1S/C14H15Br2NO3/c1-3-20-13(19)14(17-8(2)18)6-9-4-11(15)12(16)5-10(9)7-14/h4-5H,3,6-7H2,1-2H3,(H,17,18). The molecule has 0 saturated heterocycles. The van der Waals surface area contributed by atoms with Crippen LogP contribution in [0.15, 0.2) is 21.1 Å². The van der Waals surface area contributed by atoms with E-state index in [1.807, 2.05) is 12.1 Å². The molecule has 1 aromatic rings. The third-order valence-corrected chi connectivity index (χ3v) is 5.15. The molecule has 0 aromatic heterocycles. The Morgan fingerprint density at radius 3 is 2.15 bits per heavy atom. The molecular formula is C14H15Br2NO3. The molecule has 0 radical (unpaired) electrons. The fourth-order valence-electron chi connectivity index (χ4n) is 2.56. The molecule has 1 aromatic carbocycles. The number of amides is 1. The van der Waals surface area contributed by atoms with E-state index in [0.717, 1.165) is 20.1 Å². The maximum atomic E-state index is 12.3. The molecule has 0 atom stereocenters. The Kier molecular flexibility index (Phi) is 4.54. The molecule has 1 N–H and O–H groups in total. The van der Waals surface area contributed by atoms with Gasteiger partial charge in [-0.15, -0.1) is 0 Å². The summed E-state index contributed by atoms with van der Waals surface area (Å²) in [4.78, 5) is 23.7. The zero-order chi connectivity index (χ0) is 14.9. The lowest BCUT2D eigenvalue weighted by Gasteiger charge is -2.27. The first-order valence-electron chi connectivity index (χ1n) is 6.31. The molecule has 4 nitrogen and oxygen atoms in total. The molecule has 0 aliphatic heterocycles. The molecule has 0 heterocycles. The monoisotopic (exact) mass is 403 g/mol. The van der Waals surface area contributed by atoms with Crippen molar-refractivity contribution in [2.24, 2.45) is 0 Å². The fraction of sp³-hybridized carbons (Fsp3) is 0.429. The van der Waals surface area contributed by atoms with E-state index in [2.05, 4.69) is 37.2 Å². The van der Waals surface area contributed by atoms with Crippen molar-refractivity contribution in [2.75, 3.05) is 6.61 Å². The average molecular weight is 405 g/mol. The molecule has 0 spiro atoms. The van der Waals surface area contributed by atoms with Gasteiger partial charge in [-0.25, -0.2) is 4.79 Å². The highest BCUT2D eigenvalue weighted by molar-refractivity contribution is 9.13. The first kappa shape index (κ1) is 15.5. The average Bonchev–Trinajstić information content (AvgIpc) is 2.68. The molecule has 0 saturated carbocycles. The highest BCUT2D eigenvalue weighted by Gasteiger charge is 2.46. The molecule has 0 bridgehead atoms. The molecule has 6 heteroatoms. The van der Waals surface area contributed by atoms with Crippen LogP contribution in [0.1, 0.15) is 25.0 Å². The van der Waals surface area contributed by atoms with Gasteiger partial charge in [-0.2, -0.15) is 0 Å². The fourth-order valence-corrected chi connectivity index (χ4v) is 3.34. The van der Waals surface area contributed by atoms with Crippen molar-refractivity contribution >= 4 is 43.7 Å². The van der Waals surface area contributed by atoms with Gasteiger partial charge in [0, 0.05) is 28.7 Å². The topological polar surface area (TPSA) is 55.4 Å². The second-order valence-corrected chi connectivity index (χ2v) is 6.58. The van der Waals surface area contributed by atoms with Gasteiger partial charge in [0.25, 0.3) is 0 Å². The van der Waals surface area contributed by atoms with Crippen molar-refractivity contribution in [3.63, 3.8) is 0 Å². The molecule has 1 aliphatic carbocycles. The van der Waals surface area contributed by atoms with E-state index in [9.17, 15) is 9.59 Å². The summed E-state index contributed by atoms with van der Waals surface area (Å²) in [7, 11) is 0. The Hall–Kier alpha value is -0.880. The Balaban J connectivity index is 2.38. The normalized spacial score (nSPS) is 15.6. The number of fused-ring (bicyclic) bond motifs is 1. The number of hydrogen-bond acceptors (Lipinski definition) is 3. The summed E-state index contributed by atoms with van der Waals surface area (Å²) >= 11 is 6.91. The summed E-state index contributed by atoms with van der Waals surface area (Å²) in [6.07, 6.45) is 0.902. The zero-order valence-corrected chi connectivity index (χ0v) is 14.4. The van der Waals surface area contributed by atoms with Crippen molar-refractivity contribution in [2.45, 2.75) is 32.2 Å². The van der Waals surface area contributed by atoms with Gasteiger partial charge in [-0.05, 0) is 62.0 Å². The van der Waals surface area contributed by atoms with Crippen molar-refractivity contribution < 1.29 is 14.3 Å². The van der Waals surface area contributed by atoms with E-state index in [1.54, 1.807) is 6.92 Å². The van der Waals surface area contributed by atoms with Gasteiger partial charge in [0.1, 0.15) is 5.54 Å². The van der Waals surface area contributed by atoms with Gasteiger partial charge in [-0.1, -0.05) is 0 Å². The van der Waals surface area contributed by atoms with Gasteiger partial charge in [0.15, 0.2) is 0 Å². The molecule has 0 unspecified atom stereocenters. The summed E-state index contributed by atoms with van der Waals surface area (Å²) in [6.45, 7) is 3.47. The van der Waals surface area contributed by atoms with E-state index in [4.69, 9.17) is 4.74 Å². The number of benzene rings is 1. The lowest BCUT2D eigenvalue weighted by molar-refractivity contribution is -0.152. The Labute approximate surface area is 134 Å². The third-order valence-electron chi connectivity index (χ3n) is 3.31. The van der Waals surface area contributed by atoms with Crippen LogP contribution in [-0.2, 0) is 27.2 Å². The first-order chi connectivity index (χ1) is 9.38. The first-order valence-corrected chi connectivity index (χ1v) is 7.89. The summed E-state index contributed by atoms with van der Waals surface area (Å²) in [6, 6.07) is 3.95. The Morgan fingerprint density at radius 2 is 1.75 bits per heavy atom. The second kappa shape index (κ2) is 5.85. The number of ether oxygens (including phenoxy) is 1. The van der Waals surface area contributed by atoms with Crippen LogP contribution in [0.4, 0.5) is 0 Å². The van der Waals surface area contributed by atoms with Crippen LogP contribution in [0.3, 0.4) is 0 Å². The van der Waals surface area contributed by atoms with Crippen LogP contribution < -0.4 is 5.32 Å². The number of carbonyl (C=O) groups is 2. The Bertz CT molecular complexity index is 541. The van der Waals surface area contributed by atoms with Gasteiger partial charge in [0.05, 0.1) is 6.61 Å². The Morgan fingerprint density at radius 1 is 1.25 bits per heavy atom. The maximum absolute atomic E-state index is 12.3. The summed E-state index contributed by atoms with van der Waals surface area (Å²) in [5.41, 5.74) is 1.11. The highest BCUT2D eigenvalue weighted by Crippen LogP contribution is 2.36. The third kappa shape index (κ3) is 2.91. The van der Waals surface area contributed by atoms with Crippen molar-refractivity contribution in [3.05, 3.63) is 32.2 Å². The van der Waals surface area contributed by atoms with Crippen LogP contribution in [0.2, 0.25) is 0 Å². The summed E-state index contributed by atoms with van der Waals surface area (Å²) < 4.78 is 7.00. The maximum Gasteiger partial charge on any atom is 0.332 e. The van der Waals surface area contributed by atoms with Crippen molar-refractivity contribution in [1.82, 2.24) is 5.32 Å². The van der Waals surface area contributed by atoms with Gasteiger partial charge in [0.2, 0.25) is 5.91 Å². The quantitative estimate of drug-likeness (QED) is 0.788. The summed E-state index contributed by atoms with van der Waals surface area (Å²) in [5, 5.41) is 2.78. The van der Waals surface area contributed by atoms with Gasteiger partial charge >= 0.3 is 5.97 Å². The van der Waals surface area contributed by atoms with Crippen LogP contribution >= 0.6 is 31.9 Å². The number of rotatable bonds is 3. The molecular weight excluding hydrogens is 390 g/mol. The van der Waals surface area contributed by atoms with Crippen molar-refractivity contribution in [1.29, 1.82) is 0 Å². The van der Waals surface area contributed by atoms with E-state index < -0.39 is 5.54 Å². The van der Waals surface area contributed by atoms with Gasteiger partial charge < -0.3 is 10.1 Å². The second-order valence-electron chi connectivity index (χ2n) is 4.87. The molecule has 108 valence electrons. The number of hydrogen-bond donors (Lipinski definition) is 1. The van der Waals surface area contributed by atoms with E-state index in [-0.39, 0.29) is 11.9 Å². The molecule has 0 fully saturated rings. The van der Waals surface area contributed by atoms with Gasteiger partial charge in [-0.3, -0.25) is 4.79 Å². The number of esters is 1. The number of halogens is 2. The van der Waals surface area contributed by atoms with Crippen LogP contribution in [0, 0.1) is 0 Å². The van der Waals surface area contributed by atoms with E-state index in [1.165, 1.54) is 6.92 Å². The summed E-state index contributed by atoms with van der Waals surface area (Å²) in [5.74, 6) is -0.609. The minimum absolute atomic E-state index is 0.232. The number of carbonyl (C=O) groups excluding carboxylic acids is 2. The predicted octanol–water partition coefficient (Wildman–Crippen LogP) is 2.75. The zero-order valence-electron chi connectivity index (χ0n) is 11.3. The SMILES string of the molecule is CCOC(=O)C1(NC(C)=O)Cc2cc(Br)c(Br)cc2C1. The highest BCUT2D eigenvalue weighted by atomic mass is 79.9. The molecule has 2 rings (SSSR count). The number of nitrogens with one attached hydrogen (secondary N) is 1. The minimum atomic E-state index is -0.982.